The Hall–Kier alpha value is -4.98. The topological polar surface area (TPSA) is 0 Å². The van der Waals surface area contributed by atoms with Gasteiger partial charge in [0.25, 0.3) is 0 Å². The van der Waals surface area contributed by atoms with E-state index in [9.17, 15) is 0 Å². The van der Waals surface area contributed by atoms with Crippen molar-refractivity contribution in [3.63, 3.8) is 0 Å². The molecule has 0 saturated carbocycles. The van der Waals surface area contributed by atoms with Gasteiger partial charge in [0.15, 0.2) is 0 Å². The summed E-state index contributed by atoms with van der Waals surface area (Å²) in [6.45, 7) is 0. The molecule has 0 atom stereocenters. The van der Waals surface area contributed by atoms with E-state index in [0.717, 1.165) is 4.47 Å². The lowest BCUT2D eigenvalue weighted by molar-refractivity contribution is 1.54. The summed E-state index contributed by atoms with van der Waals surface area (Å²) in [5, 5.41) is 0. The normalized spacial score (nSPS) is 10.9. The highest BCUT2D eigenvalue weighted by Crippen LogP contribution is 2.37. The smallest absolute Gasteiger partial charge is 0.0181 e. The van der Waals surface area contributed by atoms with Crippen molar-refractivity contribution in [1.82, 2.24) is 0 Å². The van der Waals surface area contributed by atoms with E-state index in [1.807, 2.05) is 0 Å². The van der Waals surface area contributed by atoms with Gasteiger partial charge in [-0.1, -0.05) is 137 Å². The molecule has 204 valence electrons. The van der Waals surface area contributed by atoms with E-state index in [1.54, 1.807) is 0 Å². The van der Waals surface area contributed by atoms with Gasteiger partial charge < -0.3 is 0 Å². The van der Waals surface area contributed by atoms with E-state index in [0.29, 0.717) is 0 Å². The van der Waals surface area contributed by atoms with Gasteiger partial charge in [-0.2, -0.15) is 0 Å². The molecular formula is C42H29Br. The van der Waals surface area contributed by atoms with Gasteiger partial charge in [0.1, 0.15) is 0 Å². The predicted octanol–water partition coefficient (Wildman–Crippen LogP) is 12.5. The van der Waals surface area contributed by atoms with Crippen LogP contribution in [0.5, 0.6) is 0 Å². The van der Waals surface area contributed by atoms with Gasteiger partial charge in [-0.3, -0.25) is 0 Å². The Kier molecular flexibility index (Phi) is 7.56. The molecule has 43 heavy (non-hydrogen) atoms. The zero-order valence-electron chi connectivity index (χ0n) is 23.6. The minimum Gasteiger partial charge on any atom is -0.0622 e. The highest BCUT2D eigenvalue weighted by Gasteiger charge is 2.11. The van der Waals surface area contributed by atoms with Crippen LogP contribution in [0.2, 0.25) is 0 Å². The van der Waals surface area contributed by atoms with Gasteiger partial charge in [0.05, 0.1) is 0 Å². The Morgan fingerprint density at radius 1 is 0.209 bits per heavy atom. The summed E-state index contributed by atoms with van der Waals surface area (Å²) in [6, 6.07) is 63.2. The summed E-state index contributed by atoms with van der Waals surface area (Å²) in [5.74, 6) is 0. The summed E-state index contributed by atoms with van der Waals surface area (Å²) in [6.07, 6.45) is 0. The van der Waals surface area contributed by atoms with E-state index in [2.05, 4.69) is 192 Å². The third-order valence-corrected chi connectivity index (χ3v) is 8.37. The predicted molar refractivity (Wildman–Crippen MR) is 187 cm³/mol. The maximum absolute atomic E-state index is 3.67. The lowest BCUT2D eigenvalue weighted by atomic mass is 9.90. The molecule has 0 aromatic heterocycles. The molecule has 0 unspecified atom stereocenters. The largest absolute Gasteiger partial charge is 0.0622 e. The van der Waals surface area contributed by atoms with Gasteiger partial charge in [0, 0.05) is 4.47 Å². The second-order valence-corrected chi connectivity index (χ2v) is 11.7. The fourth-order valence-electron chi connectivity index (χ4n) is 5.69. The minimum absolute atomic E-state index is 1.08. The fourth-order valence-corrected chi connectivity index (χ4v) is 6.09. The maximum Gasteiger partial charge on any atom is 0.0181 e. The Morgan fingerprint density at radius 2 is 0.465 bits per heavy atom. The zero-order chi connectivity index (χ0) is 29.0. The van der Waals surface area contributed by atoms with Crippen molar-refractivity contribution in [1.29, 1.82) is 0 Å². The average Bonchev–Trinajstić information content (AvgIpc) is 3.09. The minimum atomic E-state index is 1.08. The van der Waals surface area contributed by atoms with Crippen LogP contribution in [0.15, 0.2) is 180 Å². The number of halogens is 1. The number of benzene rings is 7. The Bertz CT molecular complexity index is 1950. The number of hydrogen-bond donors (Lipinski definition) is 0. The third-order valence-electron chi connectivity index (χ3n) is 7.87. The molecule has 0 heterocycles. The molecular weight excluding hydrogens is 584 g/mol. The third kappa shape index (κ3) is 6.00. The van der Waals surface area contributed by atoms with Crippen molar-refractivity contribution < 1.29 is 0 Å². The lowest BCUT2D eigenvalue weighted by Crippen LogP contribution is -1.88. The molecule has 0 amide bonds. The van der Waals surface area contributed by atoms with Gasteiger partial charge in [-0.15, -0.1) is 0 Å². The van der Waals surface area contributed by atoms with Crippen molar-refractivity contribution in [2.45, 2.75) is 0 Å². The zero-order valence-corrected chi connectivity index (χ0v) is 25.2. The van der Waals surface area contributed by atoms with Crippen molar-refractivity contribution in [2.75, 3.05) is 0 Å². The summed E-state index contributed by atoms with van der Waals surface area (Å²) < 4.78 is 1.08. The molecule has 0 bridgehead atoms. The molecule has 0 fully saturated rings. The van der Waals surface area contributed by atoms with Crippen LogP contribution in [0.1, 0.15) is 0 Å². The maximum atomic E-state index is 3.67. The molecule has 0 radical (unpaired) electrons. The summed E-state index contributed by atoms with van der Waals surface area (Å²) >= 11 is 3.67. The number of hydrogen-bond acceptors (Lipinski definition) is 0. The van der Waals surface area contributed by atoms with E-state index in [4.69, 9.17) is 0 Å². The molecule has 7 aromatic rings. The molecule has 0 spiro atoms. The second kappa shape index (κ2) is 12.1. The standard InChI is InChI=1S/C42H29Br/c43-42-21-11-20-35(29-42)41-27-38(32-16-8-3-9-17-32)26-40(28-41)34-19-10-18-33(22-34)39-24-36(30-12-4-1-5-13-30)23-37(25-39)31-14-6-2-7-15-31/h1-29H. The molecule has 0 aliphatic carbocycles. The van der Waals surface area contributed by atoms with Gasteiger partial charge in [-0.25, -0.2) is 0 Å². The summed E-state index contributed by atoms with van der Waals surface area (Å²) in [7, 11) is 0. The van der Waals surface area contributed by atoms with Crippen molar-refractivity contribution >= 4 is 15.9 Å². The van der Waals surface area contributed by atoms with Crippen LogP contribution in [0.3, 0.4) is 0 Å². The summed E-state index contributed by atoms with van der Waals surface area (Å²) in [4.78, 5) is 0. The highest BCUT2D eigenvalue weighted by atomic mass is 79.9. The first-order valence-corrected chi connectivity index (χ1v) is 15.3. The highest BCUT2D eigenvalue weighted by molar-refractivity contribution is 9.10. The van der Waals surface area contributed by atoms with Crippen LogP contribution in [0.4, 0.5) is 0 Å². The second-order valence-electron chi connectivity index (χ2n) is 10.8. The van der Waals surface area contributed by atoms with Crippen LogP contribution in [-0.4, -0.2) is 0 Å². The number of rotatable bonds is 6. The first-order valence-electron chi connectivity index (χ1n) is 14.5. The molecule has 0 aliphatic rings. The Morgan fingerprint density at radius 3 is 0.814 bits per heavy atom. The van der Waals surface area contributed by atoms with E-state index in [1.165, 1.54) is 66.8 Å². The van der Waals surface area contributed by atoms with Gasteiger partial charge >= 0.3 is 0 Å². The molecule has 0 saturated heterocycles. The van der Waals surface area contributed by atoms with Crippen LogP contribution in [-0.2, 0) is 0 Å². The van der Waals surface area contributed by atoms with E-state index < -0.39 is 0 Å². The Labute approximate surface area is 262 Å². The quantitative estimate of drug-likeness (QED) is 0.175. The fraction of sp³-hybridized carbons (Fsp3) is 0. The average molecular weight is 614 g/mol. The van der Waals surface area contributed by atoms with Crippen molar-refractivity contribution in [3.8, 4) is 66.8 Å². The van der Waals surface area contributed by atoms with E-state index in [-0.39, 0.29) is 0 Å². The molecule has 0 aliphatic heterocycles. The van der Waals surface area contributed by atoms with Gasteiger partial charge in [0.2, 0.25) is 0 Å². The van der Waals surface area contributed by atoms with Crippen molar-refractivity contribution in [3.05, 3.63) is 180 Å². The molecule has 0 nitrogen and oxygen atoms in total. The molecule has 0 N–H and O–H groups in total. The van der Waals surface area contributed by atoms with Crippen LogP contribution in [0.25, 0.3) is 66.8 Å². The lowest BCUT2D eigenvalue weighted by Gasteiger charge is -2.14. The van der Waals surface area contributed by atoms with Crippen LogP contribution in [0, 0.1) is 0 Å². The van der Waals surface area contributed by atoms with Crippen molar-refractivity contribution in [2.24, 2.45) is 0 Å². The first-order chi connectivity index (χ1) is 21.2. The first kappa shape index (κ1) is 26.9. The van der Waals surface area contributed by atoms with Gasteiger partial charge in [-0.05, 0) is 121 Å². The molecule has 1 heteroatoms. The van der Waals surface area contributed by atoms with E-state index >= 15 is 0 Å². The van der Waals surface area contributed by atoms with Crippen LogP contribution < -0.4 is 0 Å². The van der Waals surface area contributed by atoms with Crippen LogP contribution >= 0.6 is 15.9 Å². The monoisotopic (exact) mass is 612 g/mol. The summed E-state index contributed by atoms with van der Waals surface area (Å²) in [5.41, 5.74) is 14.4. The molecule has 7 aromatic carbocycles. The molecule has 7 rings (SSSR count). The Balaban J connectivity index is 1.37. The SMILES string of the molecule is Brc1cccc(-c2cc(-c3ccccc3)cc(-c3cccc(-c4cc(-c5ccccc5)cc(-c5ccccc5)c4)c3)c2)c1.